The van der Waals surface area contributed by atoms with Gasteiger partial charge >= 0.3 is 0 Å². The van der Waals surface area contributed by atoms with E-state index in [-0.39, 0.29) is 6.10 Å². The summed E-state index contributed by atoms with van der Waals surface area (Å²) in [5, 5.41) is 8.20. The second-order valence-corrected chi connectivity index (χ2v) is 4.76. The zero-order valence-electron chi connectivity index (χ0n) is 11.2. The lowest BCUT2D eigenvalue weighted by Gasteiger charge is -2.26. The molecule has 0 bridgehead atoms. The van der Waals surface area contributed by atoms with Crippen LogP contribution >= 0.6 is 0 Å². The topological polar surface area (TPSA) is 49.2 Å². The van der Waals surface area contributed by atoms with E-state index >= 15 is 0 Å². The predicted octanol–water partition coefficient (Wildman–Crippen LogP) is 2.78. The van der Waals surface area contributed by atoms with E-state index in [4.69, 9.17) is 9.47 Å². The summed E-state index contributed by atoms with van der Waals surface area (Å²) in [6, 6.07) is 17.6. The van der Waals surface area contributed by atoms with Crippen molar-refractivity contribution in [3.63, 3.8) is 0 Å². The number of benzene rings is 2. The standard InChI is InChI=1S/C16H13N3O2/c1-2-6-12(7-3-1)19-11-17-18-16(19)15-10-20-13-8-4-5-9-14(13)21-15/h1-9,11,15H,10H2. The van der Waals surface area contributed by atoms with E-state index in [9.17, 15) is 0 Å². The molecule has 0 amide bonds. The Hall–Kier alpha value is -2.82. The Morgan fingerprint density at radius 1 is 0.952 bits per heavy atom. The highest BCUT2D eigenvalue weighted by Gasteiger charge is 2.26. The van der Waals surface area contributed by atoms with Gasteiger partial charge in [-0.25, -0.2) is 0 Å². The maximum atomic E-state index is 5.99. The maximum absolute atomic E-state index is 5.99. The number of ether oxygens (including phenoxy) is 2. The summed E-state index contributed by atoms with van der Waals surface area (Å²) in [5.74, 6) is 2.23. The third-order valence-electron chi connectivity index (χ3n) is 3.41. The lowest BCUT2D eigenvalue weighted by molar-refractivity contribution is 0.0838. The van der Waals surface area contributed by atoms with Crippen LogP contribution in [0.15, 0.2) is 60.9 Å². The van der Waals surface area contributed by atoms with Gasteiger partial charge in [0.25, 0.3) is 0 Å². The van der Waals surface area contributed by atoms with Crippen LogP contribution in [0.1, 0.15) is 11.9 Å². The monoisotopic (exact) mass is 279 g/mol. The third kappa shape index (κ3) is 2.12. The molecule has 0 saturated heterocycles. The first-order chi connectivity index (χ1) is 10.4. The van der Waals surface area contributed by atoms with Crippen molar-refractivity contribution in [2.45, 2.75) is 6.10 Å². The van der Waals surface area contributed by atoms with Gasteiger partial charge in [0.05, 0.1) is 0 Å². The zero-order valence-corrected chi connectivity index (χ0v) is 11.2. The maximum Gasteiger partial charge on any atom is 0.192 e. The molecule has 1 unspecified atom stereocenters. The van der Waals surface area contributed by atoms with E-state index in [2.05, 4.69) is 10.2 Å². The van der Waals surface area contributed by atoms with Crippen LogP contribution in [-0.4, -0.2) is 21.4 Å². The number of hydrogen-bond donors (Lipinski definition) is 0. The first-order valence-electron chi connectivity index (χ1n) is 6.75. The van der Waals surface area contributed by atoms with Crippen LogP contribution in [0.25, 0.3) is 5.69 Å². The Morgan fingerprint density at radius 2 is 1.71 bits per heavy atom. The van der Waals surface area contributed by atoms with Gasteiger partial charge in [0, 0.05) is 5.69 Å². The van der Waals surface area contributed by atoms with Gasteiger partial charge in [-0.15, -0.1) is 10.2 Å². The van der Waals surface area contributed by atoms with Crippen LogP contribution in [-0.2, 0) is 0 Å². The SMILES string of the molecule is c1ccc(-n2cnnc2C2COc3ccccc3O2)cc1. The van der Waals surface area contributed by atoms with Crippen molar-refractivity contribution >= 4 is 0 Å². The fourth-order valence-electron chi connectivity index (χ4n) is 2.40. The molecule has 1 atom stereocenters. The summed E-state index contributed by atoms with van der Waals surface area (Å²) < 4.78 is 13.7. The molecule has 0 radical (unpaired) electrons. The minimum absolute atomic E-state index is 0.275. The number of rotatable bonds is 2. The van der Waals surface area contributed by atoms with Gasteiger partial charge in [-0.1, -0.05) is 30.3 Å². The molecule has 2 heterocycles. The highest BCUT2D eigenvalue weighted by atomic mass is 16.6. The van der Waals surface area contributed by atoms with Gasteiger partial charge in [0.15, 0.2) is 23.4 Å². The van der Waals surface area contributed by atoms with Crippen molar-refractivity contribution in [1.29, 1.82) is 0 Å². The largest absolute Gasteiger partial charge is 0.485 e. The van der Waals surface area contributed by atoms with Crippen LogP contribution in [0.5, 0.6) is 11.5 Å². The molecule has 1 aliphatic heterocycles. The minimum atomic E-state index is -0.275. The van der Waals surface area contributed by atoms with E-state index in [1.54, 1.807) is 6.33 Å². The predicted molar refractivity (Wildman–Crippen MR) is 76.7 cm³/mol. The highest BCUT2D eigenvalue weighted by molar-refractivity contribution is 5.41. The van der Waals surface area contributed by atoms with E-state index in [1.165, 1.54) is 0 Å². The van der Waals surface area contributed by atoms with Gasteiger partial charge in [-0.05, 0) is 24.3 Å². The smallest absolute Gasteiger partial charge is 0.192 e. The summed E-state index contributed by atoms with van der Waals surface area (Å²) in [5.41, 5.74) is 1.000. The number of fused-ring (bicyclic) bond motifs is 1. The average Bonchev–Trinajstić information content (AvgIpc) is 3.05. The third-order valence-corrected chi connectivity index (χ3v) is 3.41. The molecule has 5 heteroatoms. The molecule has 1 aromatic heterocycles. The van der Waals surface area contributed by atoms with Crippen LogP contribution in [0.3, 0.4) is 0 Å². The van der Waals surface area contributed by atoms with Gasteiger partial charge in [0.2, 0.25) is 0 Å². The summed E-state index contributed by atoms with van der Waals surface area (Å²) in [6.45, 7) is 0.419. The molecule has 0 aliphatic carbocycles. The first kappa shape index (κ1) is 12.0. The molecule has 5 nitrogen and oxygen atoms in total. The normalized spacial score (nSPS) is 16.7. The molecule has 3 aromatic rings. The number of nitrogens with zero attached hydrogens (tertiary/aromatic N) is 3. The number of aromatic nitrogens is 3. The fraction of sp³-hybridized carbons (Fsp3) is 0.125. The quantitative estimate of drug-likeness (QED) is 0.723. The van der Waals surface area contributed by atoms with Gasteiger partial charge in [-0.3, -0.25) is 4.57 Å². The lowest BCUT2D eigenvalue weighted by Crippen LogP contribution is -2.24. The minimum Gasteiger partial charge on any atom is -0.485 e. The van der Waals surface area contributed by atoms with E-state index in [0.717, 1.165) is 23.0 Å². The van der Waals surface area contributed by atoms with E-state index in [0.29, 0.717) is 6.61 Å². The van der Waals surface area contributed by atoms with Crippen molar-refractivity contribution < 1.29 is 9.47 Å². The first-order valence-corrected chi connectivity index (χ1v) is 6.75. The highest BCUT2D eigenvalue weighted by Crippen LogP contribution is 2.35. The Morgan fingerprint density at radius 3 is 2.57 bits per heavy atom. The Bertz CT molecular complexity index is 755. The van der Waals surface area contributed by atoms with Crippen LogP contribution in [0, 0.1) is 0 Å². The van der Waals surface area contributed by atoms with Gasteiger partial charge in [-0.2, -0.15) is 0 Å². The molecule has 2 aromatic carbocycles. The van der Waals surface area contributed by atoms with Crippen LogP contribution in [0.2, 0.25) is 0 Å². The van der Waals surface area contributed by atoms with E-state index < -0.39 is 0 Å². The lowest BCUT2D eigenvalue weighted by atomic mass is 10.2. The van der Waals surface area contributed by atoms with Crippen LogP contribution < -0.4 is 9.47 Å². The van der Waals surface area contributed by atoms with Gasteiger partial charge in [0.1, 0.15) is 12.9 Å². The Labute approximate surface area is 121 Å². The summed E-state index contributed by atoms with van der Waals surface area (Å²) in [7, 11) is 0. The number of hydrogen-bond acceptors (Lipinski definition) is 4. The van der Waals surface area contributed by atoms with Crippen LogP contribution in [0.4, 0.5) is 0 Å². The summed E-state index contributed by atoms with van der Waals surface area (Å²) >= 11 is 0. The molecule has 0 spiro atoms. The van der Waals surface area contributed by atoms with E-state index in [1.807, 2.05) is 59.2 Å². The summed E-state index contributed by atoms with van der Waals surface area (Å²) in [4.78, 5) is 0. The fourth-order valence-corrected chi connectivity index (χ4v) is 2.40. The molecule has 104 valence electrons. The van der Waals surface area contributed by atoms with Crippen molar-refractivity contribution in [3.8, 4) is 17.2 Å². The average molecular weight is 279 g/mol. The van der Waals surface area contributed by atoms with Crippen molar-refractivity contribution in [2.75, 3.05) is 6.61 Å². The Balaban J connectivity index is 1.69. The molecular formula is C16H13N3O2. The molecule has 0 fully saturated rings. The molecular weight excluding hydrogens is 266 g/mol. The second-order valence-electron chi connectivity index (χ2n) is 4.76. The molecule has 1 aliphatic rings. The molecule has 4 rings (SSSR count). The zero-order chi connectivity index (χ0) is 14.1. The van der Waals surface area contributed by atoms with Crippen molar-refractivity contribution in [2.24, 2.45) is 0 Å². The molecule has 0 saturated carbocycles. The molecule has 21 heavy (non-hydrogen) atoms. The second kappa shape index (κ2) is 4.94. The van der Waals surface area contributed by atoms with Crippen molar-refractivity contribution in [3.05, 3.63) is 66.7 Å². The van der Waals surface area contributed by atoms with Crippen molar-refractivity contribution in [1.82, 2.24) is 14.8 Å². The molecule has 0 N–H and O–H groups in total. The summed E-state index contributed by atoms with van der Waals surface area (Å²) in [6.07, 6.45) is 1.41. The Kier molecular flexibility index (Phi) is 2.81. The number of para-hydroxylation sites is 3. The van der Waals surface area contributed by atoms with Gasteiger partial charge < -0.3 is 9.47 Å².